The van der Waals surface area contributed by atoms with Gasteiger partial charge in [0.25, 0.3) is 5.91 Å². The number of carbonyl (C=O) groups excluding carboxylic acids is 2. The van der Waals surface area contributed by atoms with Crippen molar-refractivity contribution in [1.82, 2.24) is 15.6 Å². The number of nitrogens with one attached hydrogen (secondary N) is 2. The maximum Gasteiger partial charge on any atom is 0.270 e. The third-order valence-electron chi connectivity index (χ3n) is 9.11. The van der Waals surface area contributed by atoms with E-state index in [4.69, 9.17) is 0 Å². The quantitative estimate of drug-likeness (QED) is 0.624. The lowest BCUT2D eigenvalue weighted by molar-refractivity contribution is -0.142. The lowest BCUT2D eigenvalue weighted by Crippen LogP contribution is -2.58. The van der Waals surface area contributed by atoms with Gasteiger partial charge in [-0.3, -0.25) is 14.6 Å². The molecule has 1 aromatic rings. The lowest BCUT2D eigenvalue weighted by atomic mass is 9.51. The van der Waals surface area contributed by atoms with Crippen LogP contribution < -0.4 is 10.6 Å². The minimum Gasteiger partial charge on any atom is -0.392 e. The molecule has 3 aliphatic rings. The molecule has 182 valence electrons. The maximum absolute atomic E-state index is 13.1. The van der Waals surface area contributed by atoms with Crippen molar-refractivity contribution < 1.29 is 14.7 Å². The first-order valence-electron chi connectivity index (χ1n) is 13.0. The van der Waals surface area contributed by atoms with E-state index in [9.17, 15) is 14.7 Å². The standard InChI is InChI=1S/C27H41N3O3/c1-17(25(32)29-19-9-5-4-6-10-19)20-12-14-27(3)15-13-21(18(2)23(27)24(20)31)30-26(33)22-11-7-8-16-28-22/h7-8,11,16-21,23-24,31H,4-6,9-10,12-15H2,1-3H3,(H,29,32)(H,30,33)/t17-,18-,20+,21-,23+,24-,27+/m0/s1. The highest BCUT2D eigenvalue weighted by molar-refractivity contribution is 5.92. The molecule has 6 heteroatoms. The van der Waals surface area contributed by atoms with Crippen LogP contribution in [0.5, 0.6) is 0 Å². The predicted molar refractivity (Wildman–Crippen MR) is 128 cm³/mol. The number of aromatic nitrogens is 1. The van der Waals surface area contributed by atoms with E-state index in [2.05, 4.69) is 29.5 Å². The van der Waals surface area contributed by atoms with Crippen LogP contribution in [0.2, 0.25) is 0 Å². The molecule has 3 saturated carbocycles. The number of amides is 2. The van der Waals surface area contributed by atoms with Crippen LogP contribution in [-0.4, -0.2) is 40.1 Å². The van der Waals surface area contributed by atoms with Crippen LogP contribution in [-0.2, 0) is 4.79 Å². The van der Waals surface area contributed by atoms with E-state index in [-0.39, 0.29) is 46.9 Å². The highest BCUT2D eigenvalue weighted by Crippen LogP contribution is 2.55. The van der Waals surface area contributed by atoms with Crippen molar-refractivity contribution in [2.75, 3.05) is 0 Å². The van der Waals surface area contributed by atoms with Crippen molar-refractivity contribution in [2.45, 2.75) is 96.7 Å². The minimum absolute atomic E-state index is 0.00245. The normalized spacial score (nSPS) is 35.8. The largest absolute Gasteiger partial charge is 0.392 e. The fourth-order valence-electron chi connectivity index (χ4n) is 7.01. The van der Waals surface area contributed by atoms with Gasteiger partial charge in [-0.25, -0.2) is 0 Å². The van der Waals surface area contributed by atoms with E-state index < -0.39 is 6.10 Å². The van der Waals surface area contributed by atoms with Gasteiger partial charge in [0.15, 0.2) is 0 Å². The Balaban J connectivity index is 1.43. The number of rotatable bonds is 5. The van der Waals surface area contributed by atoms with E-state index in [1.807, 2.05) is 13.0 Å². The van der Waals surface area contributed by atoms with Gasteiger partial charge in [-0.1, -0.05) is 46.1 Å². The molecule has 4 rings (SSSR count). The third kappa shape index (κ3) is 5.11. The summed E-state index contributed by atoms with van der Waals surface area (Å²) in [6.45, 7) is 6.43. The van der Waals surface area contributed by atoms with Crippen LogP contribution in [0.3, 0.4) is 0 Å². The van der Waals surface area contributed by atoms with Crippen molar-refractivity contribution >= 4 is 11.8 Å². The highest BCUT2D eigenvalue weighted by atomic mass is 16.3. The van der Waals surface area contributed by atoms with Crippen molar-refractivity contribution in [1.29, 1.82) is 0 Å². The molecule has 3 aliphatic carbocycles. The molecule has 0 spiro atoms. The van der Waals surface area contributed by atoms with Gasteiger partial charge in [-0.05, 0) is 73.8 Å². The van der Waals surface area contributed by atoms with Crippen LogP contribution in [0.4, 0.5) is 0 Å². The van der Waals surface area contributed by atoms with Crippen molar-refractivity contribution in [3.63, 3.8) is 0 Å². The molecule has 2 amide bonds. The molecule has 0 saturated heterocycles. The highest BCUT2D eigenvalue weighted by Gasteiger charge is 2.54. The third-order valence-corrected chi connectivity index (χ3v) is 9.11. The molecule has 1 aromatic heterocycles. The topological polar surface area (TPSA) is 91.3 Å². The molecule has 33 heavy (non-hydrogen) atoms. The molecule has 0 radical (unpaired) electrons. The molecule has 0 bridgehead atoms. The van der Waals surface area contributed by atoms with Gasteiger partial charge < -0.3 is 15.7 Å². The minimum atomic E-state index is -0.541. The molecule has 1 heterocycles. The number of hydrogen-bond donors (Lipinski definition) is 3. The van der Waals surface area contributed by atoms with Gasteiger partial charge in [0.05, 0.1) is 6.10 Å². The number of carbonyl (C=O) groups is 2. The van der Waals surface area contributed by atoms with Gasteiger partial charge in [0.1, 0.15) is 5.69 Å². The summed E-state index contributed by atoms with van der Waals surface area (Å²) >= 11 is 0. The fraction of sp³-hybridized carbons (Fsp3) is 0.741. The SMILES string of the molecule is C[C@@H]1[C@@H]2[C@@H](O)[C@@H]([C@H](C)C(=O)NC3CCCCC3)CC[C@]2(C)CC[C@@H]1NC(=O)c1ccccn1. The van der Waals surface area contributed by atoms with Crippen LogP contribution >= 0.6 is 0 Å². The molecular formula is C27H41N3O3. The first-order chi connectivity index (χ1) is 15.8. The Morgan fingerprint density at radius 1 is 1.09 bits per heavy atom. The van der Waals surface area contributed by atoms with Gasteiger partial charge in [0.2, 0.25) is 5.91 Å². The zero-order valence-corrected chi connectivity index (χ0v) is 20.4. The summed E-state index contributed by atoms with van der Waals surface area (Å²) < 4.78 is 0. The van der Waals surface area contributed by atoms with Crippen LogP contribution in [0, 0.1) is 29.1 Å². The van der Waals surface area contributed by atoms with Gasteiger partial charge in [0, 0.05) is 24.2 Å². The smallest absolute Gasteiger partial charge is 0.270 e. The van der Waals surface area contributed by atoms with Crippen molar-refractivity contribution in [3.8, 4) is 0 Å². The second-order valence-electron chi connectivity index (χ2n) is 11.2. The maximum atomic E-state index is 13.1. The Morgan fingerprint density at radius 3 is 2.52 bits per heavy atom. The first-order valence-corrected chi connectivity index (χ1v) is 13.0. The number of pyridine rings is 1. The second kappa shape index (κ2) is 10.1. The lowest BCUT2D eigenvalue weighted by Gasteiger charge is -2.56. The van der Waals surface area contributed by atoms with Crippen LogP contribution in [0.15, 0.2) is 24.4 Å². The van der Waals surface area contributed by atoms with E-state index in [0.29, 0.717) is 11.7 Å². The van der Waals surface area contributed by atoms with E-state index >= 15 is 0 Å². The van der Waals surface area contributed by atoms with Crippen molar-refractivity contribution in [3.05, 3.63) is 30.1 Å². The van der Waals surface area contributed by atoms with Gasteiger partial charge in [-0.2, -0.15) is 0 Å². The van der Waals surface area contributed by atoms with Crippen LogP contribution in [0.1, 0.15) is 89.0 Å². The summed E-state index contributed by atoms with van der Waals surface area (Å²) in [4.78, 5) is 30.0. The zero-order chi connectivity index (χ0) is 23.6. The van der Waals surface area contributed by atoms with E-state index in [1.165, 1.54) is 19.3 Å². The molecule has 7 atom stereocenters. The van der Waals surface area contributed by atoms with Gasteiger partial charge in [-0.15, -0.1) is 0 Å². The average molecular weight is 456 g/mol. The molecule has 0 aromatic carbocycles. The van der Waals surface area contributed by atoms with E-state index in [0.717, 1.165) is 38.5 Å². The number of aliphatic hydroxyl groups is 1. The Kier molecular flexibility index (Phi) is 7.42. The van der Waals surface area contributed by atoms with E-state index in [1.54, 1.807) is 18.3 Å². The van der Waals surface area contributed by atoms with Crippen molar-refractivity contribution in [2.24, 2.45) is 29.1 Å². The summed E-state index contributed by atoms with van der Waals surface area (Å²) in [7, 11) is 0. The summed E-state index contributed by atoms with van der Waals surface area (Å²) in [6.07, 6.45) is 10.7. The second-order valence-corrected chi connectivity index (χ2v) is 11.2. The Morgan fingerprint density at radius 2 is 1.82 bits per heavy atom. The zero-order valence-electron chi connectivity index (χ0n) is 20.4. The summed E-state index contributed by atoms with van der Waals surface area (Å²) in [6, 6.07) is 5.64. The first kappa shape index (κ1) is 24.2. The predicted octanol–water partition coefficient (Wildman–Crippen LogP) is 4.09. The monoisotopic (exact) mass is 455 g/mol. The molecule has 0 unspecified atom stereocenters. The Bertz CT molecular complexity index is 825. The number of aliphatic hydroxyl groups excluding tert-OH is 1. The average Bonchev–Trinajstić information content (AvgIpc) is 2.82. The molecular weight excluding hydrogens is 414 g/mol. The number of hydrogen-bond acceptors (Lipinski definition) is 4. The molecule has 3 fully saturated rings. The summed E-state index contributed by atoms with van der Waals surface area (Å²) in [5, 5.41) is 18.0. The fourth-order valence-corrected chi connectivity index (χ4v) is 7.01. The van der Waals surface area contributed by atoms with Gasteiger partial charge >= 0.3 is 0 Å². The Labute approximate surface area is 198 Å². The number of fused-ring (bicyclic) bond motifs is 1. The summed E-state index contributed by atoms with van der Waals surface area (Å²) in [5.74, 6) is -0.121. The Hall–Kier alpha value is -1.95. The molecule has 0 aliphatic heterocycles. The summed E-state index contributed by atoms with van der Waals surface area (Å²) in [5.41, 5.74) is 0.467. The molecule has 6 nitrogen and oxygen atoms in total. The van der Waals surface area contributed by atoms with Crippen LogP contribution in [0.25, 0.3) is 0 Å². The number of nitrogens with zero attached hydrogens (tertiary/aromatic N) is 1. The molecule has 3 N–H and O–H groups in total.